The molecule has 1 aromatic carbocycles. The highest BCUT2D eigenvalue weighted by atomic mass is 35.5. The molecule has 0 atom stereocenters. The van der Waals surface area contributed by atoms with E-state index in [4.69, 9.17) is 11.6 Å². The summed E-state index contributed by atoms with van der Waals surface area (Å²) in [6.45, 7) is 0. The van der Waals surface area contributed by atoms with E-state index in [1.165, 1.54) is 0 Å². The number of rotatable bonds is 2. The Hall–Kier alpha value is -1.15. The largest absolute Gasteiger partial charge is 0.280 e. The molecule has 0 amide bonds. The topological polar surface area (TPSA) is 17.1 Å². The molecule has 3 heteroatoms. The lowest BCUT2D eigenvalue weighted by atomic mass is 10.2. The van der Waals surface area contributed by atoms with Gasteiger partial charge in [0.25, 0.3) is 5.24 Å². The van der Waals surface area contributed by atoms with Crippen LogP contribution in [0.15, 0.2) is 36.2 Å². The Morgan fingerprint density at radius 2 is 1.92 bits per heavy atom. The molecule has 0 saturated heterocycles. The highest BCUT2D eigenvalue weighted by Gasteiger charge is 2.02. The van der Waals surface area contributed by atoms with Gasteiger partial charge in [-0.2, -0.15) is 0 Å². The smallest absolute Gasteiger partial charge is 0.273 e. The van der Waals surface area contributed by atoms with E-state index in [9.17, 15) is 9.18 Å². The SMILES string of the molecule is O=C(Cl)C(F)=Cc1ccccc1. The summed E-state index contributed by atoms with van der Waals surface area (Å²) in [5, 5.41) is -1.07. The second-order valence-electron chi connectivity index (χ2n) is 2.18. The van der Waals surface area contributed by atoms with Gasteiger partial charge in [-0.25, -0.2) is 4.39 Å². The van der Waals surface area contributed by atoms with E-state index in [1.807, 2.05) is 0 Å². The Kier molecular flexibility index (Phi) is 3.00. The molecule has 1 aromatic rings. The van der Waals surface area contributed by atoms with Crippen LogP contribution in [0.4, 0.5) is 4.39 Å². The third-order valence-electron chi connectivity index (χ3n) is 1.28. The maximum Gasteiger partial charge on any atom is 0.280 e. The van der Waals surface area contributed by atoms with Gasteiger partial charge in [0.1, 0.15) is 0 Å². The van der Waals surface area contributed by atoms with Crippen molar-refractivity contribution in [2.24, 2.45) is 0 Å². The molecular formula is C9H6ClFO. The van der Waals surface area contributed by atoms with Crippen LogP contribution in [0.2, 0.25) is 0 Å². The molecule has 0 N–H and O–H groups in total. The van der Waals surface area contributed by atoms with Crippen LogP contribution in [0.1, 0.15) is 5.56 Å². The van der Waals surface area contributed by atoms with Crippen molar-refractivity contribution in [2.75, 3.05) is 0 Å². The molecular weight excluding hydrogens is 179 g/mol. The van der Waals surface area contributed by atoms with Crippen LogP contribution in [0, 0.1) is 0 Å². The fourth-order valence-electron chi connectivity index (χ4n) is 0.752. The molecule has 12 heavy (non-hydrogen) atoms. The summed E-state index contributed by atoms with van der Waals surface area (Å²) in [7, 11) is 0. The van der Waals surface area contributed by atoms with Crippen LogP contribution in [0.25, 0.3) is 6.08 Å². The van der Waals surface area contributed by atoms with Crippen molar-refractivity contribution < 1.29 is 9.18 Å². The quantitative estimate of drug-likeness (QED) is 0.510. The number of allylic oxidation sites excluding steroid dienone is 1. The number of hydrogen-bond donors (Lipinski definition) is 0. The van der Waals surface area contributed by atoms with Gasteiger partial charge in [0, 0.05) is 0 Å². The van der Waals surface area contributed by atoms with Crippen LogP contribution in [0.5, 0.6) is 0 Å². The van der Waals surface area contributed by atoms with Crippen molar-refractivity contribution in [1.29, 1.82) is 0 Å². The lowest BCUT2D eigenvalue weighted by molar-refractivity contribution is -0.109. The molecule has 62 valence electrons. The van der Waals surface area contributed by atoms with Crippen LogP contribution in [-0.4, -0.2) is 5.24 Å². The molecule has 0 unspecified atom stereocenters. The molecule has 0 radical (unpaired) electrons. The zero-order valence-electron chi connectivity index (χ0n) is 6.13. The van der Waals surface area contributed by atoms with E-state index in [1.54, 1.807) is 30.3 Å². The molecule has 0 bridgehead atoms. The average Bonchev–Trinajstić information content (AvgIpc) is 2.06. The normalized spacial score (nSPS) is 11.3. The molecule has 1 rings (SSSR count). The minimum Gasteiger partial charge on any atom is -0.273 e. The molecule has 0 aliphatic rings. The van der Waals surface area contributed by atoms with Crippen LogP contribution < -0.4 is 0 Å². The fourth-order valence-corrected chi connectivity index (χ4v) is 0.807. The predicted molar refractivity (Wildman–Crippen MR) is 46.4 cm³/mol. The second-order valence-corrected chi connectivity index (χ2v) is 2.52. The van der Waals surface area contributed by atoms with Crippen LogP contribution in [0.3, 0.4) is 0 Å². The Morgan fingerprint density at radius 1 is 1.33 bits per heavy atom. The van der Waals surface area contributed by atoms with Crippen LogP contribution in [-0.2, 0) is 4.79 Å². The van der Waals surface area contributed by atoms with Crippen molar-refractivity contribution in [3.05, 3.63) is 41.7 Å². The number of halogens is 2. The zero-order chi connectivity index (χ0) is 8.97. The van der Waals surface area contributed by atoms with Gasteiger partial charge in [-0.05, 0) is 23.2 Å². The number of carbonyl (C=O) groups excluding carboxylic acids is 1. The fraction of sp³-hybridized carbons (Fsp3) is 0. The van der Waals surface area contributed by atoms with Gasteiger partial charge >= 0.3 is 0 Å². The van der Waals surface area contributed by atoms with Gasteiger partial charge in [-0.1, -0.05) is 30.3 Å². The number of carbonyl (C=O) groups is 1. The van der Waals surface area contributed by atoms with Gasteiger partial charge in [0.15, 0.2) is 5.83 Å². The third-order valence-corrected chi connectivity index (χ3v) is 1.46. The minimum absolute atomic E-state index is 0.615. The van der Waals surface area contributed by atoms with E-state index in [2.05, 4.69) is 0 Å². The molecule has 0 heterocycles. The van der Waals surface area contributed by atoms with E-state index in [-0.39, 0.29) is 0 Å². The van der Waals surface area contributed by atoms with Gasteiger partial charge in [-0.3, -0.25) is 4.79 Å². The van der Waals surface area contributed by atoms with Crippen molar-refractivity contribution in [1.82, 2.24) is 0 Å². The Morgan fingerprint density at radius 3 is 2.42 bits per heavy atom. The van der Waals surface area contributed by atoms with Gasteiger partial charge < -0.3 is 0 Å². The summed E-state index contributed by atoms with van der Waals surface area (Å²) in [5.74, 6) is -0.942. The summed E-state index contributed by atoms with van der Waals surface area (Å²) < 4.78 is 12.6. The summed E-state index contributed by atoms with van der Waals surface area (Å²) in [4.78, 5) is 10.3. The predicted octanol–water partition coefficient (Wildman–Crippen LogP) is 2.76. The molecule has 0 aliphatic heterocycles. The first kappa shape index (κ1) is 8.94. The summed E-state index contributed by atoms with van der Waals surface area (Å²) in [6.07, 6.45) is 1.09. The standard InChI is InChI=1S/C9H6ClFO/c10-9(12)8(11)6-7-4-2-1-3-5-7/h1-6H. The van der Waals surface area contributed by atoms with Crippen molar-refractivity contribution in [3.63, 3.8) is 0 Å². The van der Waals surface area contributed by atoms with E-state index in [0.29, 0.717) is 5.56 Å². The summed E-state index contributed by atoms with van der Waals surface area (Å²) in [5.41, 5.74) is 0.615. The maximum atomic E-state index is 12.6. The van der Waals surface area contributed by atoms with E-state index in [0.717, 1.165) is 6.08 Å². The minimum atomic E-state index is -1.07. The Balaban J connectivity index is 2.89. The Bertz CT molecular complexity index is 306. The molecule has 0 spiro atoms. The van der Waals surface area contributed by atoms with Crippen LogP contribution >= 0.6 is 11.6 Å². The van der Waals surface area contributed by atoms with Crippen molar-refractivity contribution >= 4 is 22.9 Å². The van der Waals surface area contributed by atoms with E-state index >= 15 is 0 Å². The second kappa shape index (κ2) is 4.02. The first-order valence-electron chi connectivity index (χ1n) is 3.32. The summed E-state index contributed by atoms with van der Waals surface area (Å²) >= 11 is 4.90. The highest BCUT2D eigenvalue weighted by Crippen LogP contribution is 2.09. The van der Waals surface area contributed by atoms with Crippen molar-refractivity contribution in [3.8, 4) is 0 Å². The maximum absolute atomic E-state index is 12.6. The molecule has 1 nitrogen and oxygen atoms in total. The van der Waals surface area contributed by atoms with E-state index < -0.39 is 11.1 Å². The van der Waals surface area contributed by atoms with Gasteiger partial charge in [0.05, 0.1) is 0 Å². The third kappa shape index (κ3) is 2.47. The first-order chi connectivity index (χ1) is 5.70. The lowest BCUT2D eigenvalue weighted by Crippen LogP contribution is -1.84. The van der Waals surface area contributed by atoms with Gasteiger partial charge in [0.2, 0.25) is 0 Å². The van der Waals surface area contributed by atoms with Gasteiger partial charge in [-0.15, -0.1) is 0 Å². The molecule has 0 aromatic heterocycles. The Labute approximate surface area is 74.5 Å². The first-order valence-corrected chi connectivity index (χ1v) is 3.70. The monoisotopic (exact) mass is 184 g/mol. The number of benzene rings is 1. The lowest BCUT2D eigenvalue weighted by Gasteiger charge is -1.90. The molecule has 0 aliphatic carbocycles. The summed E-state index contributed by atoms with van der Waals surface area (Å²) in [6, 6.07) is 8.66. The highest BCUT2D eigenvalue weighted by molar-refractivity contribution is 6.67. The average molecular weight is 185 g/mol. The molecule has 0 saturated carbocycles. The zero-order valence-corrected chi connectivity index (χ0v) is 6.88. The van der Waals surface area contributed by atoms with Crippen molar-refractivity contribution in [2.45, 2.75) is 0 Å². The number of hydrogen-bond acceptors (Lipinski definition) is 1. The molecule has 0 fully saturated rings.